The fourth-order valence-corrected chi connectivity index (χ4v) is 3.08. The zero-order valence-electron chi connectivity index (χ0n) is 12.3. The van der Waals surface area contributed by atoms with Crippen molar-refractivity contribution in [1.82, 2.24) is 9.78 Å². The molecule has 2 N–H and O–H groups in total. The van der Waals surface area contributed by atoms with Crippen molar-refractivity contribution in [2.75, 3.05) is 26.4 Å². The summed E-state index contributed by atoms with van der Waals surface area (Å²) in [7, 11) is 0. The van der Waals surface area contributed by atoms with E-state index >= 15 is 0 Å². The summed E-state index contributed by atoms with van der Waals surface area (Å²) in [5, 5.41) is 4.41. The standard InChI is InChI=1S/C14H21N3O4/c1-2-19-13(18)12-10-9-14(20-7-8-21-14)4-3-11(10)17(16-12)6-5-15/h2-9,15H2,1H3. The monoisotopic (exact) mass is 295 g/mol. The van der Waals surface area contributed by atoms with E-state index in [4.69, 9.17) is 19.9 Å². The van der Waals surface area contributed by atoms with Crippen LogP contribution in [0.4, 0.5) is 0 Å². The Morgan fingerprint density at radius 3 is 2.90 bits per heavy atom. The van der Waals surface area contributed by atoms with Crippen molar-refractivity contribution in [3.05, 3.63) is 17.0 Å². The third kappa shape index (κ3) is 2.56. The molecule has 116 valence electrons. The Labute approximate surface area is 123 Å². The second kappa shape index (κ2) is 5.75. The van der Waals surface area contributed by atoms with Crippen LogP contribution in [0.2, 0.25) is 0 Å². The minimum Gasteiger partial charge on any atom is -0.461 e. The van der Waals surface area contributed by atoms with Crippen LogP contribution < -0.4 is 5.73 Å². The van der Waals surface area contributed by atoms with Gasteiger partial charge in [-0.25, -0.2) is 4.79 Å². The Hall–Kier alpha value is -1.44. The maximum atomic E-state index is 12.1. The van der Waals surface area contributed by atoms with E-state index in [1.165, 1.54) is 0 Å². The van der Waals surface area contributed by atoms with Crippen LogP contribution in [0.3, 0.4) is 0 Å². The summed E-state index contributed by atoms with van der Waals surface area (Å²) in [5.74, 6) is -0.982. The lowest BCUT2D eigenvalue weighted by atomic mass is 9.90. The lowest BCUT2D eigenvalue weighted by molar-refractivity contribution is -0.164. The Bertz CT molecular complexity index is 535. The van der Waals surface area contributed by atoms with Crippen molar-refractivity contribution in [3.63, 3.8) is 0 Å². The second-order valence-corrected chi connectivity index (χ2v) is 5.29. The number of carbonyl (C=O) groups is 1. The SMILES string of the molecule is CCOC(=O)c1nn(CCN)c2c1CC1(CC2)OCCO1. The second-order valence-electron chi connectivity index (χ2n) is 5.29. The van der Waals surface area contributed by atoms with Crippen molar-refractivity contribution in [2.45, 2.75) is 38.5 Å². The summed E-state index contributed by atoms with van der Waals surface area (Å²) in [6.07, 6.45) is 2.08. The zero-order chi connectivity index (χ0) is 14.9. The third-order valence-corrected chi connectivity index (χ3v) is 3.98. The molecule has 1 fully saturated rings. The van der Waals surface area contributed by atoms with Crippen LogP contribution in [0.5, 0.6) is 0 Å². The summed E-state index contributed by atoms with van der Waals surface area (Å²) < 4.78 is 18.5. The van der Waals surface area contributed by atoms with Crippen molar-refractivity contribution >= 4 is 5.97 Å². The number of rotatable bonds is 4. The summed E-state index contributed by atoms with van der Waals surface area (Å²) in [6.45, 7) is 4.38. The summed E-state index contributed by atoms with van der Waals surface area (Å²) in [4.78, 5) is 12.1. The Balaban J connectivity index is 1.96. The van der Waals surface area contributed by atoms with Gasteiger partial charge in [-0.15, -0.1) is 0 Å². The molecule has 1 aromatic heterocycles. The number of nitrogens with two attached hydrogens (primary N) is 1. The largest absolute Gasteiger partial charge is 0.461 e. The molecule has 7 nitrogen and oxygen atoms in total. The van der Waals surface area contributed by atoms with Crippen LogP contribution in [0.1, 0.15) is 35.1 Å². The number of nitrogens with zero attached hydrogens (tertiary/aromatic N) is 2. The Kier molecular flexibility index (Phi) is 3.97. The highest BCUT2D eigenvalue weighted by atomic mass is 16.7. The van der Waals surface area contributed by atoms with Crippen molar-refractivity contribution in [1.29, 1.82) is 0 Å². The molecular weight excluding hydrogens is 274 g/mol. The fraction of sp³-hybridized carbons (Fsp3) is 0.714. The first-order valence-electron chi connectivity index (χ1n) is 7.43. The predicted octanol–water partition coefficient (Wildman–Crippen LogP) is 0.250. The summed E-state index contributed by atoms with van der Waals surface area (Å²) in [5.41, 5.74) is 7.93. The van der Waals surface area contributed by atoms with Gasteiger partial charge in [0.2, 0.25) is 0 Å². The van der Waals surface area contributed by atoms with Gasteiger partial charge < -0.3 is 19.9 Å². The molecule has 0 amide bonds. The van der Waals surface area contributed by atoms with Gasteiger partial charge >= 0.3 is 5.97 Å². The molecule has 21 heavy (non-hydrogen) atoms. The van der Waals surface area contributed by atoms with E-state index in [2.05, 4.69) is 5.10 Å². The molecule has 2 aliphatic rings. The zero-order valence-corrected chi connectivity index (χ0v) is 12.3. The normalized spacial score (nSPS) is 19.7. The van der Waals surface area contributed by atoms with Crippen LogP contribution in [0, 0.1) is 0 Å². The Morgan fingerprint density at radius 1 is 1.48 bits per heavy atom. The van der Waals surface area contributed by atoms with Gasteiger partial charge in [0.1, 0.15) is 0 Å². The quantitative estimate of drug-likeness (QED) is 0.801. The first-order valence-corrected chi connectivity index (χ1v) is 7.43. The van der Waals surface area contributed by atoms with Gasteiger partial charge in [-0.3, -0.25) is 4.68 Å². The molecule has 1 aromatic rings. The van der Waals surface area contributed by atoms with Crippen molar-refractivity contribution in [2.24, 2.45) is 5.73 Å². The lowest BCUT2D eigenvalue weighted by Gasteiger charge is -2.31. The molecule has 0 atom stereocenters. The number of aromatic nitrogens is 2. The van der Waals surface area contributed by atoms with Gasteiger partial charge in [0.25, 0.3) is 0 Å². The Morgan fingerprint density at radius 2 is 2.24 bits per heavy atom. The molecule has 1 aliphatic heterocycles. The highest BCUT2D eigenvalue weighted by Crippen LogP contribution is 2.36. The van der Waals surface area contributed by atoms with Gasteiger partial charge in [-0.2, -0.15) is 5.10 Å². The number of carbonyl (C=O) groups excluding carboxylic acids is 1. The number of hydrogen-bond donors (Lipinski definition) is 1. The van der Waals surface area contributed by atoms with E-state index in [9.17, 15) is 4.79 Å². The predicted molar refractivity (Wildman–Crippen MR) is 73.9 cm³/mol. The number of ether oxygens (including phenoxy) is 3. The number of esters is 1. The van der Waals surface area contributed by atoms with Gasteiger partial charge in [0.15, 0.2) is 11.5 Å². The summed E-state index contributed by atoms with van der Waals surface area (Å²) in [6, 6.07) is 0. The molecule has 0 radical (unpaired) electrons. The highest BCUT2D eigenvalue weighted by molar-refractivity contribution is 5.89. The molecule has 0 aromatic carbocycles. The van der Waals surface area contributed by atoms with Crippen LogP contribution in [-0.2, 0) is 33.6 Å². The fourth-order valence-electron chi connectivity index (χ4n) is 3.08. The maximum absolute atomic E-state index is 12.1. The minimum atomic E-state index is -0.592. The molecule has 0 saturated carbocycles. The maximum Gasteiger partial charge on any atom is 0.359 e. The van der Waals surface area contributed by atoms with Crippen LogP contribution in [0.25, 0.3) is 0 Å². The number of fused-ring (bicyclic) bond motifs is 1. The lowest BCUT2D eigenvalue weighted by Crippen LogP contribution is -2.37. The highest BCUT2D eigenvalue weighted by Gasteiger charge is 2.43. The minimum absolute atomic E-state index is 0.329. The molecule has 1 spiro atoms. The van der Waals surface area contributed by atoms with Crippen molar-refractivity contribution < 1.29 is 19.0 Å². The van der Waals surface area contributed by atoms with E-state index < -0.39 is 5.79 Å². The molecule has 3 rings (SSSR count). The third-order valence-electron chi connectivity index (χ3n) is 3.98. The van der Waals surface area contributed by atoms with Crippen LogP contribution in [-0.4, -0.2) is 47.9 Å². The molecule has 7 heteroatoms. The van der Waals surface area contributed by atoms with Crippen molar-refractivity contribution in [3.8, 4) is 0 Å². The molecule has 0 bridgehead atoms. The average Bonchev–Trinajstić information content (AvgIpc) is 3.05. The molecule has 0 unspecified atom stereocenters. The van der Waals surface area contributed by atoms with E-state index in [1.807, 2.05) is 4.68 Å². The van der Waals surface area contributed by atoms with Gasteiger partial charge in [-0.1, -0.05) is 0 Å². The van der Waals surface area contributed by atoms with Crippen LogP contribution in [0.15, 0.2) is 0 Å². The van der Waals surface area contributed by atoms with E-state index in [1.54, 1.807) is 6.92 Å². The molecule has 1 aliphatic carbocycles. The van der Waals surface area contributed by atoms with E-state index in [0.29, 0.717) is 45.0 Å². The first-order chi connectivity index (χ1) is 10.2. The molecular formula is C14H21N3O4. The van der Waals surface area contributed by atoms with E-state index in [0.717, 1.165) is 24.1 Å². The topological polar surface area (TPSA) is 88.6 Å². The van der Waals surface area contributed by atoms with Crippen LogP contribution >= 0.6 is 0 Å². The molecule has 2 heterocycles. The van der Waals surface area contributed by atoms with Gasteiger partial charge in [0, 0.05) is 30.6 Å². The average molecular weight is 295 g/mol. The smallest absolute Gasteiger partial charge is 0.359 e. The summed E-state index contributed by atoms with van der Waals surface area (Å²) >= 11 is 0. The van der Waals surface area contributed by atoms with Gasteiger partial charge in [-0.05, 0) is 13.3 Å². The first kappa shape index (κ1) is 14.5. The molecule has 1 saturated heterocycles. The van der Waals surface area contributed by atoms with Gasteiger partial charge in [0.05, 0.1) is 26.4 Å². The van der Waals surface area contributed by atoms with E-state index in [-0.39, 0.29) is 5.97 Å². The number of hydrogen-bond acceptors (Lipinski definition) is 6.